The SMILES string of the molecule is O=C(Cn1cc(Oc2ccc(I)cc2)cn1)NCC1CC1. The number of nitrogens with one attached hydrogen (secondary N) is 1. The molecule has 1 saturated carbocycles. The molecule has 110 valence electrons. The number of amides is 1. The van der Waals surface area contributed by atoms with Gasteiger partial charge in [-0.05, 0) is 65.6 Å². The van der Waals surface area contributed by atoms with Crippen LogP contribution in [0.4, 0.5) is 0 Å². The van der Waals surface area contributed by atoms with Gasteiger partial charge in [0, 0.05) is 10.1 Å². The summed E-state index contributed by atoms with van der Waals surface area (Å²) in [6, 6.07) is 7.76. The van der Waals surface area contributed by atoms with E-state index in [1.807, 2.05) is 24.3 Å². The van der Waals surface area contributed by atoms with Crippen LogP contribution < -0.4 is 10.1 Å². The minimum absolute atomic E-state index is 0.00850. The van der Waals surface area contributed by atoms with Gasteiger partial charge < -0.3 is 10.1 Å². The van der Waals surface area contributed by atoms with Gasteiger partial charge in [-0.15, -0.1) is 0 Å². The van der Waals surface area contributed by atoms with E-state index in [9.17, 15) is 4.79 Å². The van der Waals surface area contributed by atoms with Crippen molar-refractivity contribution in [2.75, 3.05) is 6.54 Å². The van der Waals surface area contributed by atoms with Crippen LogP contribution in [-0.4, -0.2) is 22.2 Å². The van der Waals surface area contributed by atoms with Gasteiger partial charge in [0.05, 0.1) is 12.4 Å². The Bertz CT molecular complexity index is 620. The zero-order chi connectivity index (χ0) is 14.7. The Hall–Kier alpha value is -1.57. The number of hydrogen-bond acceptors (Lipinski definition) is 3. The number of benzene rings is 1. The van der Waals surface area contributed by atoms with E-state index in [4.69, 9.17) is 4.74 Å². The van der Waals surface area contributed by atoms with Crippen LogP contribution in [0.25, 0.3) is 0 Å². The van der Waals surface area contributed by atoms with Gasteiger partial charge in [-0.2, -0.15) is 5.10 Å². The molecule has 1 amide bonds. The first kappa shape index (κ1) is 14.4. The summed E-state index contributed by atoms with van der Waals surface area (Å²) in [6.07, 6.45) is 5.81. The first-order valence-electron chi connectivity index (χ1n) is 6.91. The van der Waals surface area contributed by atoms with Gasteiger partial charge in [-0.1, -0.05) is 0 Å². The lowest BCUT2D eigenvalue weighted by Gasteiger charge is -2.04. The summed E-state index contributed by atoms with van der Waals surface area (Å²) < 4.78 is 8.43. The highest BCUT2D eigenvalue weighted by Gasteiger charge is 2.21. The summed E-state index contributed by atoms with van der Waals surface area (Å²) in [5, 5.41) is 7.06. The second kappa shape index (κ2) is 6.46. The predicted molar refractivity (Wildman–Crippen MR) is 87.2 cm³/mol. The van der Waals surface area contributed by atoms with Crippen molar-refractivity contribution in [1.82, 2.24) is 15.1 Å². The summed E-state index contributed by atoms with van der Waals surface area (Å²) in [6.45, 7) is 1.01. The molecule has 3 rings (SSSR count). The second-order valence-corrected chi connectivity index (χ2v) is 6.42. The van der Waals surface area contributed by atoms with Crippen LogP contribution in [0.3, 0.4) is 0 Å². The van der Waals surface area contributed by atoms with Crippen molar-refractivity contribution in [2.24, 2.45) is 5.92 Å². The number of carbonyl (C=O) groups is 1. The van der Waals surface area contributed by atoms with Crippen molar-refractivity contribution in [2.45, 2.75) is 19.4 Å². The molecule has 0 saturated heterocycles. The van der Waals surface area contributed by atoms with Crippen molar-refractivity contribution in [3.05, 3.63) is 40.2 Å². The van der Waals surface area contributed by atoms with Crippen molar-refractivity contribution in [3.63, 3.8) is 0 Å². The minimum Gasteiger partial charge on any atom is -0.454 e. The Morgan fingerprint density at radius 3 is 2.81 bits per heavy atom. The van der Waals surface area contributed by atoms with Gasteiger partial charge in [0.1, 0.15) is 12.3 Å². The first-order chi connectivity index (χ1) is 10.2. The van der Waals surface area contributed by atoms with Gasteiger partial charge in [0.15, 0.2) is 5.75 Å². The molecule has 1 heterocycles. The fraction of sp³-hybridized carbons (Fsp3) is 0.333. The Kier molecular flexibility index (Phi) is 4.42. The maximum Gasteiger partial charge on any atom is 0.241 e. The molecule has 21 heavy (non-hydrogen) atoms. The molecule has 5 nitrogen and oxygen atoms in total. The molecule has 6 heteroatoms. The number of carbonyl (C=O) groups excluding carboxylic acids is 1. The van der Waals surface area contributed by atoms with Crippen LogP contribution in [0.1, 0.15) is 12.8 Å². The molecule has 1 aliphatic carbocycles. The van der Waals surface area contributed by atoms with Crippen molar-refractivity contribution < 1.29 is 9.53 Å². The minimum atomic E-state index is -0.00850. The third-order valence-electron chi connectivity index (χ3n) is 3.25. The van der Waals surface area contributed by atoms with Gasteiger partial charge in [0.25, 0.3) is 0 Å². The Labute approximate surface area is 136 Å². The lowest BCUT2D eigenvalue weighted by molar-refractivity contribution is -0.121. The standard InChI is InChI=1S/C15H16IN3O2/c16-12-3-5-13(6-4-12)21-14-8-18-19(9-14)10-15(20)17-7-11-1-2-11/h3-6,8-9,11H,1-2,7,10H2,(H,17,20). The van der Waals surface area contributed by atoms with Gasteiger partial charge >= 0.3 is 0 Å². The molecule has 0 aliphatic heterocycles. The Balaban J connectivity index is 1.52. The van der Waals surface area contributed by atoms with E-state index >= 15 is 0 Å². The average Bonchev–Trinajstić information content (AvgIpc) is 3.20. The van der Waals surface area contributed by atoms with E-state index in [1.54, 1.807) is 17.1 Å². The Morgan fingerprint density at radius 1 is 1.33 bits per heavy atom. The monoisotopic (exact) mass is 397 g/mol. The van der Waals surface area contributed by atoms with E-state index in [0.29, 0.717) is 11.7 Å². The van der Waals surface area contributed by atoms with Crippen LogP contribution in [0, 0.1) is 9.49 Å². The number of hydrogen-bond donors (Lipinski definition) is 1. The van der Waals surface area contributed by atoms with Gasteiger partial charge in [-0.25, -0.2) is 0 Å². The lowest BCUT2D eigenvalue weighted by Crippen LogP contribution is -2.29. The van der Waals surface area contributed by atoms with E-state index in [-0.39, 0.29) is 12.5 Å². The third kappa shape index (κ3) is 4.45. The number of ether oxygens (including phenoxy) is 1. The second-order valence-electron chi connectivity index (χ2n) is 5.18. The normalized spacial score (nSPS) is 14.0. The quantitative estimate of drug-likeness (QED) is 0.763. The molecule has 1 N–H and O–H groups in total. The van der Waals surface area contributed by atoms with Crippen LogP contribution in [0.5, 0.6) is 11.5 Å². The molecule has 1 aliphatic rings. The largest absolute Gasteiger partial charge is 0.454 e. The number of halogens is 1. The average molecular weight is 397 g/mol. The lowest BCUT2D eigenvalue weighted by atomic mass is 10.3. The molecule has 1 fully saturated rings. The van der Waals surface area contributed by atoms with Crippen LogP contribution in [-0.2, 0) is 11.3 Å². The van der Waals surface area contributed by atoms with E-state index < -0.39 is 0 Å². The fourth-order valence-corrected chi connectivity index (χ4v) is 2.27. The zero-order valence-electron chi connectivity index (χ0n) is 11.5. The highest BCUT2D eigenvalue weighted by molar-refractivity contribution is 14.1. The zero-order valence-corrected chi connectivity index (χ0v) is 13.6. The van der Waals surface area contributed by atoms with E-state index in [0.717, 1.165) is 15.9 Å². The molecular weight excluding hydrogens is 381 g/mol. The summed E-state index contributed by atoms with van der Waals surface area (Å²) in [7, 11) is 0. The summed E-state index contributed by atoms with van der Waals surface area (Å²) >= 11 is 2.25. The van der Waals surface area contributed by atoms with Crippen LogP contribution >= 0.6 is 22.6 Å². The summed E-state index contributed by atoms with van der Waals surface area (Å²) in [4.78, 5) is 11.7. The maximum atomic E-state index is 11.7. The van der Waals surface area contributed by atoms with E-state index in [2.05, 4.69) is 33.0 Å². The van der Waals surface area contributed by atoms with Gasteiger partial charge in [-0.3, -0.25) is 9.48 Å². The number of aromatic nitrogens is 2. The maximum absolute atomic E-state index is 11.7. The molecule has 0 radical (unpaired) electrons. The summed E-state index contributed by atoms with van der Waals surface area (Å²) in [5.41, 5.74) is 0. The molecule has 0 bridgehead atoms. The summed E-state index contributed by atoms with van der Waals surface area (Å²) in [5.74, 6) is 2.07. The van der Waals surface area contributed by atoms with Crippen molar-refractivity contribution in [1.29, 1.82) is 0 Å². The van der Waals surface area contributed by atoms with Crippen LogP contribution in [0.2, 0.25) is 0 Å². The molecule has 1 aromatic carbocycles. The van der Waals surface area contributed by atoms with Gasteiger partial charge in [0.2, 0.25) is 5.91 Å². The molecule has 2 aromatic rings. The number of nitrogens with zero attached hydrogens (tertiary/aromatic N) is 2. The molecule has 0 unspecified atom stereocenters. The fourth-order valence-electron chi connectivity index (χ4n) is 1.91. The third-order valence-corrected chi connectivity index (χ3v) is 3.97. The highest BCUT2D eigenvalue weighted by Crippen LogP contribution is 2.27. The molecule has 1 aromatic heterocycles. The Morgan fingerprint density at radius 2 is 2.10 bits per heavy atom. The molecule has 0 atom stereocenters. The highest BCUT2D eigenvalue weighted by atomic mass is 127. The predicted octanol–water partition coefficient (Wildman–Crippen LogP) is 2.81. The van der Waals surface area contributed by atoms with Crippen molar-refractivity contribution in [3.8, 4) is 11.5 Å². The number of rotatable bonds is 6. The van der Waals surface area contributed by atoms with Crippen molar-refractivity contribution >= 4 is 28.5 Å². The first-order valence-corrected chi connectivity index (χ1v) is 7.99. The van der Waals surface area contributed by atoms with E-state index in [1.165, 1.54) is 12.8 Å². The molecular formula is C15H16IN3O2. The van der Waals surface area contributed by atoms with Crippen LogP contribution in [0.15, 0.2) is 36.7 Å². The molecule has 0 spiro atoms. The topological polar surface area (TPSA) is 56.2 Å². The smallest absolute Gasteiger partial charge is 0.241 e.